The van der Waals surface area contributed by atoms with Crippen LogP contribution in [0, 0.1) is 0 Å². The molecule has 18 heavy (non-hydrogen) atoms. The number of rotatable bonds is 5. The van der Waals surface area contributed by atoms with Crippen LogP contribution in [0.1, 0.15) is 5.56 Å². The van der Waals surface area contributed by atoms with Crippen molar-refractivity contribution in [3.05, 3.63) is 48.5 Å². The Bertz CT molecular complexity index is 500. The molecule has 1 N–H and O–H groups in total. The fraction of sp³-hybridized carbons (Fsp3) is 0.167. The van der Waals surface area contributed by atoms with E-state index in [-0.39, 0.29) is 19.0 Å². The summed E-state index contributed by atoms with van der Waals surface area (Å²) >= 11 is 0. The van der Waals surface area contributed by atoms with Gasteiger partial charge in [-0.25, -0.2) is 9.78 Å². The van der Waals surface area contributed by atoms with Crippen molar-refractivity contribution in [2.45, 2.75) is 6.54 Å². The van der Waals surface area contributed by atoms with Crippen molar-refractivity contribution < 1.29 is 14.6 Å². The van der Waals surface area contributed by atoms with Gasteiger partial charge in [0, 0.05) is 18.9 Å². The molecular weight excluding hydrogens is 256 g/mol. The third-order valence-corrected chi connectivity index (χ3v) is 2.19. The van der Waals surface area contributed by atoms with E-state index in [1.165, 1.54) is 0 Å². The second kappa shape index (κ2) is 6.66. The summed E-state index contributed by atoms with van der Waals surface area (Å²) in [6.45, 7) is 0.360. The third kappa shape index (κ3) is 4.10. The van der Waals surface area contributed by atoms with E-state index in [9.17, 15) is 4.79 Å². The molecule has 0 radical (unpaired) electrons. The molecule has 0 amide bonds. The first-order chi connectivity index (χ1) is 8.24. The molecule has 0 spiro atoms. The highest BCUT2D eigenvalue weighted by molar-refractivity contribution is 5.85. The maximum Gasteiger partial charge on any atom is 0.341 e. The zero-order valence-electron chi connectivity index (χ0n) is 9.52. The summed E-state index contributed by atoms with van der Waals surface area (Å²) in [5, 5.41) is 8.51. The minimum Gasteiger partial charge on any atom is -0.482 e. The van der Waals surface area contributed by atoms with Gasteiger partial charge in [-0.05, 0) is 17.7 Å². The Balaban J connectivity index is 0.00000162. The second-order valence-corrected chi connectivity index (χ2v) is 3.56. The molecule has 0 aliphatic heterocycles. The van der Waals surface area contributed by atoms with Gasteiger partial charge in [-0.3, -0.25) is 0 Å². The van der Waals surface area contributed by atoms with Crippen LogP contribution in [0.25, 0.3) is 0 Å². The van der Waals surface area contributed by atoms with Gasteiger partial charge in [0.15, 0.2) is 6.61 Å². The lowest BCUT2D eigenvalue weighted by Crippen LogP contribution is -2.09. The van der Waals surface area contributed by atoms with E-state index >= 15 is 0 Å². The molecule has 1 aromatic carbocycles. The van der Waals surface area contributed by atoms with Gasteiger partial charge in [-0.1, -0.05) is 12.1 Å². The van der Waals surface area contributed by atoms with Gasteiger partial charge < -0.3 is 14.4 Å². The Morgan fingerprint density at radius 1 is 1.44 bits per heavy atom. The number of carbonyl (C=O) groups is 1. The van der Waals surface area contributed by atoms with Crippen LogP contribution in [0.3, 0.4) is 0 Å². The summed E-state index contributed by atoms with van der Waals surface area (Å²) in [6, 6.07) is 7.35. The van der Waals surface area contributed by atoms with Crippen LogP contribution in [0.5, 0.6) is 5.75 Å². The largest absolute Gasteiger partial charge is 0.482 e. The predicted octanol–water partition coefficient (Wildman–Crippen LogP) is 1.82. The lowest BCUT2D eigenvalue weighted by molar-refractivity contribution is -0.139. The van der Waals surface area contributed by atoms with Crippen LogP contribution in [0.2, 0.25) is 0 Å². The second-order valence-electron chi connectivity index (χ2n) is 3.56. The number of imidazole rings is 1. The van der Waals surface area contributed by atoms with E-state index in [2.05, 4.69) is 4.98 Å². The van der Waals surface area contributed by atoms with E-state index in [1.807, 2.05) is 29.0 Å². The number of nitrogens with zero attached hydrogens (tertiary/aromatic N) is 2. The van der Waals surface area contributed by atoms with E-state index in [0.717, 1.165) is 5.56 Å². The number of hydrogen-bond donors (Lipinski definition) is 1. The van der Waals surface area contributed by atoms with E-state index in [4.69, 9.17) is 9.84 Å². The Morgan fingerprint density at radius 3 is 2.94 bits per heavy atom. The lowest BCUT2D eigenvalue weighted by atomic mass is 10.2. The third-order valence-electron chi connectivity index (χ3n) is 2.19. The van der Waals surface area contributed by atoms with Gasteiger partial charge >= 0.3 is 5.97 Å². The molecule has 0 saturated carbocycles. The van der Waals surface area contributed by atoms with Crippen molar-refractivity contribution in [1.29, 1.82) is 0 Å². The number of hydrogen-bond acceptors (Lipinski definition) is 3. The monoisotopic (exact) mass is 268 g/mol. The smallest absolute Gasteiger partial charge is 0.341 e. The highest BCUT2D eigenvalue weighted by Crippen LogP contribution is 2.14. The molecule has 0 fully saturated rings. The molecule has 0 atom stereocenters. The number of carboxylic acids is 1. The molecule has 96 valence electrons. The number of ether oxygens (including phenoxy) is 1. The Morgan fingerprint density at radius 2 is 2.28 bits per heavy atom. The average Bonchev–Trinajstić information content (AvgIpc) is 2.80. The molecule has 0 bridgehead atoms. The maximum absolute atomic E-state index is 10.4. The molecule has 2 aromatic rings. The minimum absolute atomic E-state index is 0. The molecular formula is C12H13ClN2O3. The van der Waals surface area contributed by atoms with Gasteiger partial charge in [0.1, 0.15) is 5.75 Å². The molecule has 2 rings (SSSR count). The van der Waals surface area contributed by atoms with Crippen molar-refractivity contribution >= 4 is 18.4 Å². The Labute approximate surface area is 110 Å². The number of aromatic nitrogens is 2. The Hall–Kier alpha value is -2.01. The summed E-state index contributed by atoms with van der Waals surface area (Å²) in [5.41, 5.74) is 1.03. The lowest BCUT2D eigenvalue weighted by Gasteiger charge is -2.06. The van der Waals surface area contributed by atoms with E-state index in [0.29, 0.717) is 12.3 Å². The summed E-state index contributed by atoms with van der Waals surface area (Å²) in [4.78, 5) is 14.3. The van der Waals surface area contributed by atoms with Gasteiger partial charge in [0.05, 0.1) is 6.33 Å². The SMILES string of the molecule is Cl.O=C(O)COc1cccc(Cn2ccnc2)c1. The normalized spacial score (nSPS) is 9.56. The summed E-state index contributed by atoms with van der Waals surface area (Å²) in [7, 11) is 0. The fourth-order valence-electron chi connectivity index (χ4n) is 1.47. The molecule has 0 saturated heterocycles. The van der Waals surface area contributed by atoms with Crippen LogP contribution in [0.15, 0.2) is 43.0 Å². The number of aliphatic carboxylic acids is 1. The van der Waals surface area contributed by atoms with Crippen molar-refractivity contribution in [2.24, 2.45) is 0 Å². The van der Waals surface area contributed by atoms with Crippen molar-refractivity contribution in [3.8, 4) is 5.75 Å². The highest BCUT2D eigenvalue weighted by atomic mass is 35.5. The Kier molecular flexibility index (Phi) is 5.20. The van der Waals surface area contributed by atoms with Crippen molar-refractivity contribution in [2.75, 3.05) is 6.61 Å². The summed E-state index contributed by atoms with van der Waals surface area (Å²) in [5.74, 6) is -0.421. The summed E-state index contributed by atoms with van der Waals surface area (Å²) in [6.07, 6.45) is 5.31. The highest BCUT2D eigenvalue weighted by Gasteiger charge is 2.01. The van der Waals surface area contributed by atoms with Gasteiger partial charge in [0.2, 0.25) is 0 Å². The van der Waals surface area contributed by atoms with Crippen LogP contribution in [-0.4, -0.2) is 27.2 Å². The standard InChI is InChI=1S/C12H12N2O3.ClH/c15-12(16)8-17-11-3-1-2-10(6-11)7-14-5-4-13-9-14;/h1-6,9H,7-8H2,(H,15,16);1H. The topological polar surface area (TPSA) is 64.3 Å². The number of benzene rings is 1. The van der Waals surface area contributed by atoms with E-state index in [1.54, 1.807) is 18.6 Å². The quantitative estimate of drug-likeness (QED) is 0.898. The van der Waals surface area contributed by atoms with Crippen molar-refractivity contribution in [1.82, 2.24) is 9.55 Å². The molecule has 1 aromatic heterocycles. The first-order valence-corrected chi connectivity index (χ1v) is 5.13. The fourth-order valence-corrected chi connectivity index (χ4v) is 1.47. The number of halogens is 1. The first-order valence-electron chi connectivity index (χ1n) is 5.13. The van der Waals surface area contributed by atoms with Crippen LogP contribution in [-0.2, 0) is 11.3 Å². The maximum atomic E-state index is 10.4. The average molecular weight is 269 g/mol. The minimum atomic E-state index is -0.981. The molecule has 0 unspecified atom stereocenters. The van der Waals surface area contributed by atoms with Gasteiger partial charge in [-0.15, -0.1) is 12.4 Å². The van der Waals surface area contributed by atoms with Gasteiger partial charge in [0.25, 0.3) is 0 Å². The summed E-state index contributed by atoms with van der Waals surface area (Å²) < 4.78 is 7.03. The molecule has 6 heteroatoms. The zero-order valence-corrected chi connectivity index (χ0v) is 10.3. The molecule has 0 aliphatic carbocycles. The van der Waals surface area contributed by atoms with E-state index < -0.39 is 5.97 Å². The van der Waals surface area contributed by atoms with Crippen LogP contribution >= 0.6 is 12.4 Å². The van der Waals surface area contributed by atoms with Crippen LogP contribution in [0.4, 0.5) is 0 Å². The zero-order chi connectivity index (χ0) is 12.1. The molecule has 0 aliphatic rings. The first kappa shape index (κ1) is 14.1. The number of carboxylic acid groups (broad SMARTS) is 1. The van der Waals surface area contributed by atoms with Crippen LogP contribution < -0.4 is 4.74 Å². The molecule has 5 nitrogen and oxygen atoms in total. The van der Waals surface area contributed by atoms with Crippen molar-refractivity contribution in [3.63, 3.8) is 0 Å². The predicted molar refractivity (Wildman–Crippen MR) is 68.1 cm³/mol. The molecule has 1 heterocycles. The van der Waals surface area contributed by atoms with Gasteiger partial charge in [-0.2, -0.15) is 0 Å².